The van der Waals surface area contributed by atoms with Gasteiger partial charge in [-0.25, -0.2) is 18.6 Å². The Labute approximate surface area is 211 Å². The number of nitrogens with zero attached hydrogens (tertiary/aromatic N) is 5. The lowest BCUT2D eigenvalue weighted by molar-refractivity contribution is -0.177. The van der Waals surface area contributed by atoms with Gasteiger partial charge in [0.15, 0.2) is 0 Å². The molecule has 14 heteroatoms. The number of alkyl halides is 3. The number of anilines is 3. The average Bonchev–Trinajstić information content (AvgIpc) is 3.25. The van der Waals surface area contributed by atoms with Crippen LogP contribution in [0.3, 0.4) is 0 Å². The van der Waals surface area contributed by atoms with E-state index < -0.39 is 42.4 Å². The molecule has 1 aromatic carbocycles. The van der Waals surface area contributed by atoms with Crippen LogP contribution >= 0.6 is 0 Å². The minimum atomic E-state index is -4.53. The summed E-state index contributed by atoms with van der Waals surface area (Å²) in [6.45, 7) is -0.397. The maximum atomic E-state index is 14.3. The van der Waals surface area contributed by atoms with Crippen molar-refractivity contribution in [2.24, 2.45) is 5.92 Å². The van der Waals surface area contributed by atoms with Crippen molar-refractivity contribution in [2.75, 3.05) is 23.3 Å². The number of hydrogen-bond acceptors (Lipinski definition) is 6. The van der Waals surface area contributed by atoms with Crippen LogP contribution in [0.25, 0.3) is 16.8 Å². The highest BCUT2D eigenvalue weighted by atomic mass is 19.4. The van der Waals surface area contributed by atoms with Crippen molar-refractivity contribution in [3.05, 3.63) is 66.6 Å². The van der Waals surface area contributed by atoms with E-state index in [0.717, 1.165) is 12.1 Å². The van der Waals surface area contributed by atoms with E-state index in [9.17, 15) is 26.7 Å². The van der Waals surface area contributed by atoms with Gasteiger partial charge in [0, 0.05) is 19.3 Å². The Morgan fingerprint density at radius 3 is 2.53 bits per heavy atom. The van der Waals surface area contributed by atoms with Crippen molar-refractivity contribution in [2.45, 2.75) is 18.6 Å². The Morgan fingerprint density at radius 1 is 1.05 bits per heavy atom. The fourth-order valence-electron chi connectivity index (χ4n) is 4.54. The molecule has 0 radical (unpaired) electrons. The zero-order chi connectivity index (χ0) is 27.0. The van der Waals surface area contributed by atoms with Crippen LogP contribution in [-0.4, -0.2) is 56.1 Å². The molecular formula is C24H20F5N7O2. The molecule has 3 aromatic heterocycles. The Balaban J connectivity index is 1.49. The van der Waals surface area contributed by atoms with Crippen LogP contribution in [0.2, 0.25) is 0 Å². The Bertz CT molecular complexity index is 1470. The molecule has 1 saturated heterocycles. The summed E-state index contributed by atoms with van der Waals surface area (Å²) in [6, 6.07) is 7.01. The second-order valence-corrected chi connectivity index (χ2v) is 8.78. The fraction of sp³-hybridized carbons (Fsp3) is 0.250. The summed E-state index contributed by atoms with van der Waals surface area (Å²) in [5.41, 5.74) is 0.784. The van der Waals surface area contributed by atoms with Gasteiger partial charge in [-0.2, -0.15) is 22.8 Å². The van der Waals surface area contributed by atoms with Crippen molar-refractivity contribution in [3.8, 4) is 11.3 Å². The van der Waals surface area contributed by atoms with Crippen LogP contribution < -0.4 is 15.5 Å². The van der Waals surface area contributed by atoms with E-state index in [1.165, 1.54) is 46.2 Å². The van der Waals surface area contributed by atoms with Crippen LogP contribution in [0.5, 0.6) is 0 Å². The Morgan fingerprint density at radius 2 is 1.82 bits per heavy atom. The first-order valence-electron chi connectivity index (χ1n) is 11.4. The molecule has 4 heterocycles. The molecule has 1 amide bonds. The summed E-state index contributed by atoms with van der Waals surface area (Å²) in [7, 11) is 0. The third-order valence-corrected chi connectivity index (χ3v) is 6.23. The third-order valence-electron chi connectivity index (χ3n) is 6.23. The van der Waals surface area contributed by atoms with Crippen LogP contribution in [0, 0.1) is 17.6 Å². The molecule has 3 N–H and O–H groups in total. The summed E-state index contributed by atoms with van der Waals surface area (Å²) in [5.74, 6) is -3.23. The maximum Gasteiger partial charge on any atom is 0.404 e. The van der Waals surface area contributed by atoms with E-state index in [1.807, 2.05) is 0 Å². The standard InChI is InChI=1S/C24H20F5N7O2/c25-16-2-1-3-17(26)21(16)18-5-4-15-9-31-22(36(15)34-18)33-19-10-30-7-6-20(19)35-11-13(24(27,28)29)8-14(12-35)32-23(37)38/h1-7,9-10,13-14,32H,8,11-12H2,(H,31,33)(H,37,38)/t13-,14+/m1/s1. The quantitative estimate of drug-likeness (QED) is 0.315. The SMILES string of the molecule is O=C(O)N[C@H]1C[C@@H](C(F)(F)F)CN(c2ccncc2Nc2ncc3ccc(-c4c(F)cccc4F)nn23)C1. The maximum absolute atomic E-state index is 14.3. The highest BCUT2D eigenvalue weighted by molar-refractivity contribution is 5.74. The number of pyridine rings is 1. The first kappa shape index (κ1) is 25.2. The van der Waals surface area contributed by atoms with Crippen molar-refractivity contribution in [1.82, 2.24) is 24.9 Å². The molecule has 2 atom stereocenters. The number of carbonyl (C=O) groups is 1. The average molecular weight is 533 g/mol. The van der Waals surface area contributed by atoms with E-state index in [2.05, 4.69) is 25.7 Å². The van der Waals surface area contributed by atoms with Crippen molar-refractivity contribution in [3.63, 3.8) is 0 Å². The number of rotatable bonds is 5. The van der Waals surface area contributed by atoms with Gasteiger partial charge in [0.2, 0.25) is 5.95 Å². The lowest BCUT2D eigenvalue weighted by Crippen LogP contribution is -2.53. The predicted octanol–water partition coefficient (Wildman–Crippen LogP) is 4.84. The Kier molecular flexibility index (Phi) is 6.46. The van der Waals surface area contributed by atoms with Crippen LogP contribution in [0.4, 0.5) is 44.1 Å². The summed E-state index contributed by atoms with van der Waals surface area (Å²) in [5, 5.41) is 18.5. The first-order chi connectivity index (χ1) is 18.1. The Hall–Kier alpha value is -4.49. The third kappa shape index (κ3) is 5.01. The van der Waals surface area contributed by atoms with Gasteiger partial charge in [0.25, 0.3) is 0 Å². The minimum Gasteiger partial charge on any atom is -0.465 e. The number of carboxylic acid groups (broad SMARTS) is 1. The zero-order valence-electron chi connectivity index (χ0n) is 19.5. The number of amides is 1. The molecule has 4 aromatic rings. The van der Waals surface area contributed by atoms with E-state index in [-0.39, 0.29) is 35.9 Å². The van der Waals surface area contributed by atoms with Gasteiger partial charge in [-0.3, -0.25) is 4.98 Å². The zero-order valence-corrected chi connectivity index (χ0v) is 19.5. The molecule has 1 aliphatic rings. The van der Waals surface area contributed by atoms with E-state index in [1.54, 1.807) is 6.07 Å². The van der Waals surface area contributed by atoms with Crippen molar-refractivity contribution < 1.29 is 31.9 Å². The van der Waals surface area contributed by atoms with Gasteiger partial charge in [0.05, 0.1) is 52.5 Å². The number of fused-ring (bicyclic) bond motifs is 1. The molecular weight excluding hydrogens is 513 g/mol. The van der Waals surface area contributed by atoms with Crippen LogP contribution in [0.1, 0.15) is 6.42 Å². The van der Waals surface area contributed by atoms with Crippen molar-refractivity contribution >= 4 is 28.9 Å². The van der Waals surface area contributed by atoms with Crippen LogP contribution in [-0.2, 0) is 0 Å². The molecule has 0 unspecified atom stereocenters. The highest BCUT2D eigenvalue weighted by Gasteiger charge is 2.45. The molecule has 1 aliphatic heterocycles. The van der Waals surface area contributed by atoms with Gasteiger partial charge in [-0.05, 0) is 36.8 Å². The number of piperidine rings is 1. The molecule has 1 fully saturated rings. The molecule has 0 saturated carbocycles. The predicted molar refractivity (Wildman–Crippen MR) is 127 cm³/mol. The van der Waals surface area contributed by atoms with Gasteiger partial charge < -0.3 is 20.6 Å². The number of imidazole rings is 1. The molecule has 0 aliphatic carbocycles. The number of nitrogens with one attached hydrogen (secondary N) is 2. The van der Waals surface area contributed by atoms with Gasteiger partial charge >= 0.3 is 12.3 Å². The molecule has 5 rings (SSSR count). The van der Waals surface area contributed by atoms with E-state index >= 15 is 0 Å². The molecule has 38 heavy (non-hydrogen) atoms. The second kappa shape index (κ2) is 9.76. The molecule has 9 nitrogen and oxygen atoms in total. The lowest BCUT2D eigenvalue weighted by Gasteiger charge is -2.40. The molecule has 0 spiro atoms. The topological polar surface area (TPSA) is 108 Å². The van der Waals surface area contributed by atoms with Crippen molar-refractivity contribution in [1.29, 1.82) is 0 Å². The summed E-state index contributed by atoms with van der Waals surface area (Å²) >= 11 is 0. The lowest BCUT2D eigenvalue weighted by atomic mass is 9.93. The highest BCUT2D eigenvalue weighted by Crippen LogP contribution is 2.37. The smallest absolute Gasteiger partial charge is 0.404 e. The number of benzene rings is 1. The van der Waals surface area contributed by atoms with Crippen LogP contribution in [0.15, 0.2) is 55.0 Å². The van der Waals surface area contributed by atoms with Gasteiger partial charge in [-0.1, -0.05) is 6.07 Å². The second-order valence-electron chi connectivity index (χ2n) is 8.78. The van der Waals surface area contributed by atoms with Gasteiger partial charge in [0.1, 0.15) is 11.6 Å². The monoisotopic (exact) mass is 533 g/mol. The number of aromatic nitrogens is 4. The fourth-order valence-corrected chi connectivity index (χ4v) is 4.54. The summed E-state index contributed by atoms with van der Waals surface area (Å²) < 4.78 is 70.9. The summed E-state index contributed by atoms with van der Waals surface area (Å²) in [4.78, 5) is 20.9. The molecule has 198 valence electrons. The normalized spacial score (nSPS) is 18.0. The van der Waals surface area contributed by atoms with E-state index in [0.29, 0.717) is 11.2 Å². The molecule has 0 bridgehead atoms. The number of halogens is 5. The minimum absolute atomic E-state index is 0.00510. The largest absolute Gasteiger partial charge is 0.465 e. The first-order valence-corrected chi connectivity index (χ1v) is 11.4. The van der Waals surface area contributed by atoms with E-state index in [4.69, 9.17) is 5.11 Å². The van der Waals surface area contributed by atoms with Gasteiger partial charge in [-0.15, -0.1) is 0 Å². The summed E-state index contributed by atoms with van der Waals surface area (Å²) in [6.07, 6.45) is -2.08. The number of hydrogen-bond donors (Lipinski definition) is 3.